The first kappa shape index (κ1) is 23.2. The Bertz CT molecular complexity index is 1870. The smallest absolute Gasteiger partial charge is 0.227 e. The van der Waals surface area contributed by atoms with E-state index in [-0.39, 0.29) is 28.7 Å². The zero-order valence-electron chi connectivity index (χ0n) is 20.5. The molecule has 0 spiro atoms. The van der Waals surface area contributed by atoms with Crippen LogP contribution in [0.1, 0.15) is 19.3 Å². The minimum absolute atomic E-state index is 0.0146. The Morgan fingerprint density at radius 3 is 2.59 bits per heavy atom. The summed E-state index contributed by atoms with van der Waals surface area (Å²) in [6.45, 7) is 0. The Balaban J connectivity index is 1.29. The SMILES string of the molecule is O=C(Nc1cncc(-c2ncc3[nH]nc(-c4nc5c(-c6ccc(F)cc6)cccc5[nH]4)c3c2F)c1)C1CCC1. The molecule has 0 aliphatic heterocycles. The van der Waals surface area contributed by atoms with Gasteiger partial charge in [0.2, 0.25) is 5.91 Å². The van der Waals surface area contributed by atoms with Crippen LogP contribution in [0.2, 0.25) is 0 Å². The summed E-state index contributed by atoms with van der Waals surface area (Å²) in [7, 11) is 0. The third kappa shape index (κ3) is 4.01. The van der Waals surface area contributed by atoms with Gasteiger partial charge in [0.05, 0.1) is 40.0 Å². The van der Waals surface area contributed by atoms with E-state index >= 15 is 4.39 Å². The number of para-hydroxylation sites is 1. The number of benzene rings is 2. The largest absolute Gasteiger partial charge is 0.337 e. The fraction of sp³-hybridized carbons (Fsp3) is 0.138. The molecule has 1 saturated carbocycles. The van der Waals surface area contributed by atoms with Crippen molar-refractivity contribution in [1.29, 1.82) is 0 Å². The third-order valence-corrected chi connectivity index (χ3v) is 7.19. The molecule has 4 aromatic heterocycles. The molecule has 1 fully saturated rings. The Morgan fingerprint density at radius 1 is 0.949 bits per heavy atom. The highest BCUT2D eigenvalue weighted by molar-refractivity contribution is 5.98. The van der Waals surface area contributed by atoms with Crippen LogP contribution in [0.5, 0.6) is 0 Å². The van der Waals surface area contributed by atoms with Crippen LogP contribution in [0.4, 0.5) is 14.5 Å². The Hall–Kier alpha value is -4.99. The van der Waals surface area contributed by atoms with Gasteiger partial charge in [-0.25, -0.2) is 13.8 Å². The van der Waals surface area contributed by atoms with Crippen molar-refractivity contribution in [3.63, 3.8) is 0 Å². The van der Waals surface area contributed by atoms with E-state index in [9.17, 15) is 9.18 Å². The fourth-order valence-corrected chi connectivity index (χ4v) is 4.91. The average Bonchev–Trinajstić information content (AvgIpc) is 3.53. The quantitative estimate of drug-likeness (QED) is 0.248. The predicted octanol–water partition coefficient (Wildman–Crippen LogP) is 6.25. The summed E-state index contributed by atoms with van der Waals surface area (Å²) < 4.78 is 29.5. The van der Waals surface area contributed by atoms with Crippen molar-refractivity contribution in [3.8, 4) is 33.9 Å². The van der Waals surface area contributed by atoms with Crippen molar-refractivity contribution in [2.75, 3.05) is 5.32 Å². The number of anilines is 1. The van der Waals surface area contributed by atoms with Crippen molar-refractivity contribution in [2.45, 2.75) is 19.3 Å². The van der Waals surface area contributed by atoms with Crippen molar-refractivity contribution < 1.29 is 13.6 Å². The Kier molecular flexibility index (Phi) is 5.39. The van der Waals surface area contributed by atoms with E-state index in [0.29, 0.717) is 33.8 Å². The van der Waals surface area contributed by atoms with Gasteiger partial charge < -0.3 is 10.3 Å². The second-order valence-electron chi connectivity index (χ2n) is 9.66. The fourth-order valence-electron chi connectivity index (χ4n) is 4.91. The van der Waals surface area contributed by atoms with Gasteiger partial charge in [0.15, 0.2) is 11.6 Å². The summed E-state index contributed by atoms with van der Waals surface area (Å²) in [6, 6.07) is 13.5. The van der Waals surface area contributed by atoms with E-state index in [1.54, 1.807) is 18.2 Å². The number of hydrogen-bond acceptors (Lipinski definition) is 5. The van der Waals surface area contributed by atoms with Gasteiger partial charge in [0, 0.05) is 23.2 Å². The second-order valence-corrected chi connectivity index (χ2v) is 9.66. The minimum atomic E-state index is -0.584. The minimum Gasteiger partial charge on any atom is -0.337 e. The highest BCUT2D eigenvalue weighted by Gasteiger charge is 2.26. The summed E-state index contributed by atoms with van der Waals surface area (Å²) >= 11 is 0. The number of carbonyl (C=O) groups excluding carboxylic acids is 1. The molecule has 1 aliphatic carbocycles. The first-order valence-corrected chi connectivity index (χ1v) is 12.6. The number of hydrogen-bond donors (Lipinski definition) is 3. The van der Waals surface area contributed by atoms with Gasteiger partial charge in [0.1, 0.15) is 17.2 Å². The van der Waals surface area contributed by atoms with Crippen molar-refractivity contribution in [1.82, 2.24) is 30.1 Å². The molecule has 0 radical (unpaired) electrons. The number of halogens is 2. The van der Waals surface area contributed by atoms with E-state index in [2.05, 4.69) is 30.5 Å². The van der Waals surface area contributed by atoms with Gasteiger partial charge in [0.25, 0.3) is 0 Å². The molecule has 2 aromatic carbocycles. The van der Waals surface area contributed by atoms with Crippen LogP contribution < -0.4 is 5.32 Å². The van der Waals surface area contributed by atoms with Gasteiger partial charge in [-0.05, 0) is 42.7 Å². The number of nitrogens with zero attached hydrogens (tertiary/aromatic N) is 4. The summed E-state index contributed by atoms with van der Waals surface area (Å²) in [4.78, 5) is 28.9. The third-order valence-electron chi connectivity index (χ3n) is 7.19. The summed E-state index contributed by atoms with van der Waals surface area (Å²) in [5.41, 5.74) is 4.72. The molecule has 3 N–H and O–H groups in total. The van der Waals surface area contributed by atoms with Crippen molar-refractivity contribution in [2.24, 2.45) is 5.92 Å². The first-order chi connectivity index (χ1) is 19.0. The maximum Gasteiger partial charge on any atom is 0.227 e. The standard InChI is InChI=1S/C29H21F2N7O/c30-18-9-7-15(8-10-18)20-5-2-6-21-26(20)36-28(35-21)27-23-22(37-38-27)14-33-25(24(23)31)17-11-19(13-32-12-17)34-29(39)16-3-1-4-16/h2,5-14,16H,1,3-4H2,(H,34,39)(H,35,36)(H,37,38). The van der Waals surface area contributed by atoms with Gasteiger partial charge in [-0.15, -0.1) is 0 Å². The van der Waals surface area contributed by atoms with E-state index in [4.69, 9.17) is 4.98 Å². The zero-order valence-corrected chi connectivity index (χ0v) is 20.5. The maximum atomic E-state index is 16.0. The Labute approximate surface area is 220 Å². The van der Waals surface area contributed by atoms with Crippen LogP contribution in [0.3, 0.4) is 0 Å². The number of rotatable bonds is 5. The van der Waals surface area contributed by atoms with Crippen molar-refractivity contribution in [3.05, 3.63) is 78.8 Å². The van der Waals surface area contributed by atoms with Gasteiger partial charge in [-0.3, -0.25) is 19.9 Å². The molecule has 39 heavy (non-hydrogen) atoms. The van der Waals surface area contributed by atoms with Gasteiger partial charge in [-0.2, -0.15) is 5.10 Å². The van der Waals surface area contributed by atoms with E-state index < -0.39 is 5.82 Å². The number of pyridine rings is 2. The molecule has 0 atom stereocenters. The number of H-pyrrole nitrogens is 2. The molecule has 0 bridgehead atoms. The molecular formula is C29H21F2N7O. The monoisotopic (exact) mass is 521 g/mol. The van der Waals surface area contributed by atoms with Gasteiger partial charge in [-0.1, -0.05) is 30.7 Å². The molecule has 1 aliphatic rings. The number of imidazole rings is 1. The topological polar surface area (TPSA) is 112 Å². The first-order valence-electron chi connectivity index (χ1n) is 12.6. The van der Waals surface area contributed by atoms with Crippen LogP contribution in [-0.2, 0) is 4.79 Å². The normalized spacial score (nSPS) is 13.6. The summed E-state index contributed by atoms with van der Waals surface area (Å²) in [6.07, 6.45) is 7.36. The number of amides is 1. The maximum absolute atomic E-state index is 16.0. The molecule has 6 aromatic rings. The lowest BCUT2D eigenvalue weighted by molar-refractivity contribution is -0.122. The van der Waals surface area contributed by atoms with Crippen LogP contribution >= 0.6 is 0 Å². The number of fused-ring (bicyclic) bond motifs is 2. The van der Waals surface area contributed by atoms with E-state index in [1.807, 2.05) is 18.2 Å². The van der Waals surface area contributed by atoms with Gasteiger partial charge >= 0.3 is 0 Å². The molecule has 0 saturated heterocycles. The zero-order chi connectivity index (χ0) is 26.5. The molecule has 7 rings (SSSR count). The number of nitrogens with one attached hydrogen (secondary N) is 3. The van der Waals surface area contributed by atoms with E-state index in [1.165, 1.54) is 30.7 Å². The molecule has 192 valence electrons. The lowest BCUT2D eigenvalue weighted by atomic mass is 9.85. The highest BCUT2D eigenvalue weighted by Crippen LogP contribution is 2.35. The van der Waals surface area contributed by atoms with Crippen LogP contribution in [0.15, 0.2) is 67.1 Å². The second kappa shape index (κ2) is 9.09. The highest BCUT2D eigenvalue weighted by atomic mass is 19.1. The molecular weight excluding hydrogens is 500 g/mol. The average molecular weight is 522 g/mol. The lowest BCUT2D eigenvalue weighted by Crippen LogP contribution is -2.28. The van der Waals surface area contributed by atoms with Crippen molar-refractivity contribution >= 4 is 33.5 Å². The van der Waals surface area contributed by atoms with Crippen LogP contribution in [-0.4, -0.2) is 36.0 Å². The molecule has 1 amide bonds. The Morgan fingerprint density at radius 2 is 1.79 bits per heavy atom. The summed E-state index contributed by atoms with van der Waals surface area (Å²) in [5, 5.41) is 10.3. The molecule has 4 heterocycles. The van der Waals surface area contributed by atoms with E-state index in [0.717, 1.165) is 35.9 Å². The summed E-state index contributed by atoms with van der Waals surface area (Å²) in [5.74, 6) is -0.564. The molecule has 0 unspecified atom stereocenters. The van der Waals surface area contributed by atoms with Crippen LogP contribution in [0.25, 0.3) is 55.8 Å². The number of carbonyl (C=O) groups is 1. The molecule has 8 nitrogen and oxygen atoms in total. The number of aromatic amines is 2. The predicted molar refractivity (Wildman–Crippen MR) is 144 cm³/mol. The number of aromatic nitrogens is 6. The lowest BCUT2D eigenvalue weighted by Gasteiger charge is -2.24. The van der Waals surface area contributed by atoms with Crippen LogP contribution in [0, 0.1) is 17.6 Å². The molecule has 10 heteroatoms.